The number of benzene rings is 11. The molecular formula is C72H46N4S2. The monoisotopic (exact) mass is 1030 g/mol. The number of rotatable bonds is 6. The molecule has 15 rings (SSSR count). The summed E-state index contributed by atoms with van der Waals surface area (Å²) in [5.74, 6) is 0. The molecule has 78 heavy (non-hydrogen) atoms. The summed E-state index contributed by atoms with van der Waals surface area (Å²) in [7, 11) is 0. The van der Waals surface area contributed by atoms with Crippen molar-refractivity contribution in [3.8, 4) is 68.0 Å². The first-order valence-electron chi connectivity index (χ1n) is 26.4. The van der Waals surface area contributed by atoms with Crippen LogP contribution in [0.2, 0.25) is 0 Å². The molecule has 0 aliphatic heterocycles. The van der Waals surface area contributed by atoms with E-state index in [-0.39, 0.29) is 0 Å². The molecule has 366 valence electrons. The maximum Gasteiger partial charge on any atom is 0.102 e. The molecule has 15 aromatic rings. The van der Waals surface area contributed by atoms with Gasteiger partial charge in [0.25, 0.3) is 0 Å². The Morgan fingerprint density at radius 2 is 0.692 bits per heavy atom. The SMILES string of the molecule is Cc1cc2c3ccc4c5ccccc5sc4c3n(-c3c(C#N)c(-c4ccccc4-c4ccccc4)c(C#N)c(-n4c5cc(C)c(C)cc5c5ccc6c7ccccc7sc6c54)c3-c3ccccc3-c3ccccc3)c2cc1C. The van der Waals surface area contributed by atoms with Gasteiger partial charge in [0.05, 0.1) is 54.0 Å². The molecule has 0 saturated heterocycles. The zero-order chi connectivity index (χ0) is 52.5. The van der Waals surface area contributed by atoms with Gasteiger partial charge in [-0.05, 0) is 120 Å². The van der Waals surface area contributed by atoms with Gasteiger partial charge in [-0.15, -0.1) is 22.7 Å². The second kappa shape index (κ2) is 17.5. The molecule has 4 heterocycles. The standard InChI is InChI=1S/C72H46N4S2/c1-41-35-57-53-31-33-55-49-25-15-17-29-63(49)77-71(55)69(53)75(61(57)37-43(41)3)67-59(39-73)65(51-27-13-11-23-47(51)45-19-7-5-8-20-45)60(40-74)68(66(67)52-28-14-12-24-48(52)46-21-9-6-10-22-46)76-62-38-44(4)42(2)36-58(62)54-32-34-56-50-26-16-18-30-64(50)78-72(56)70(54)76/h5-38H,1-4H3. The average molecular weight is 1030 g/mol. The number of fused-ring (bicyclic) bond motifs is 14. The van der Waals surface area contributed by atoms with Crippen LogP contribution >= 0.6 is 22.7 Å². The van der Waals surface area contributed by atoms with Gasteiger partial charge in [0.1, 0.15) is 12.1 Å². The van der Waals surface area contributed by atoms with E-state index in [9.17, 15) is 10.5 Å². The number of hydrogen-bond acceptors (Lipinski definition) is 4. The van der Waals surface area contributed by atoms with E-state index in [1.165, 1.54) is 31.3 Å². The first-order valence-corrected chi connectivity index (χ1v) is 28.0. The number of thiophene rings is 2. The van der Waals surface area contributed by atoms with Crippen LogP contribution in [0.1, 0.15) is 33.4 Å². The number of nitriles is 2. The summed E-state index contributed by atoms with van der Waals surface area (Å²) in [6, 6.07) is 79.6. The Morgan fingerprint density at radius 3 is 1.13 bits per heavy atom. The molecule has 0 radical (unpaired) electrons. The van der Waals surface area contributed by atoms with Crippen LogP contribution in [-0.4, -0.2) is 9.13 Å². The molecule has 0 bridgehead atoms. The molecular weight excluding hydrogens is 985 g/mol. The van der Waals surface area contributed by atoms with Crippen LogP contribution in [0.25, 0.3) is 140 Å². The van der Waals surface area contributed by atoms with Crippen molar-refractivity contribution in [3.05, 3.63) is 240 Å². The molecule has 0 spiro atoms. The predicted octanol–water partition coefficient (Wildman–Crippen LogP) is 20.3. The maximum absolute atomic E-state index is 12.6. The number of hydrogen-bond donors (Lipinski definition) is 0. The molecule has 0 aliphatic rings. The van der Waals surface area contributed by atoms with Gasteiger partial charge in [0, 0.05) is 63.6 Å². The second-order valence-electron chi connectivity index (χ2n) is 20.7. The Kier molecular flexibility index (Phi) is 10.3. The van der Waals surface area contributed by atoms with Crippen molar-refractivity contribution in [1.82, 2.24) is 9.13 Å². The van der Waals surface area contributed by atoms with E-state index in [2.05, 4.69) is 243 Å². The minimum absolute atomic E-state index is 0.423. The molecule has 0 saturated carbocycles. The van der Waals surface area contributed by atoms with Crippen LogP contribution in [0, 0.1) is 50.4 Å². The van der Waals surface area contributed by atoms with E-state index in [4.69, 9.17) is 0 Å². The molecule has 0 unspecified atom stereocenters. The van der Waals surface area contributed by atoms with Crippen LogP contribution in [0.4, 0.5) is 0 Å². The van der Waals surface area contributed by atoms with Crippen molar-refractivity contribution < 1.29 is 0 Å². The Balaban J connectivity index is 1.28. The fourth-order valence-electron chi connectivity index (χ4n) is 12.6. The van der Waals surface area contributed by atoms with Crippen molar-refractivity contribution >= 4 is 107 Å². The summed E-state index contributed by atoms with van der Waals surface area (Å²) in [6.07, 6.45) is 0. The lowest BCUT2D eigenvalue weighted by Crippen LogP contribution is -2.12. The van der Waals surface area contributed by atoms with Crippen LogP contribution in [0.5, 0.6) is 0 Å². The predicted molar refractivity (Wildman–Crippen MR) is 331 cm³/mol. The zero-order valence-corrected chi connectivity index (χ0v) is 44.9. The highest BCUT2D eigenvalue weighted by Crippen LogP contribution is 2.54. The molecule has 0 amide bonds. The first-order chi connectivity index (χ1) is 38.3. The fraction of sp³-hybridized carbons (Fsp3) is 0.0556. The van der Waals surface area contributed by atoms with Crippen molar-refractivity contribution in [1.29, 1.82) is 10.5 Å². The van der Waals surface area contributed by atoms with Gasteiger partial charge in [-0.1, -0.05) is 170 Å². The van der Waals surface area contributed by atoms with E-state index in [0.29, 0.717) is 16.7 Å². The molecule has 0 N–H and O–H groups in total. The summed E-state index contributed by atoms with van der Waals surface area (Å²) < 4.78 is 9.53. The smallest absolute Gasteiger partial charge is 0.102 e. The van der Waals surface area contributed by atoms with Gasteiger partial charge >= 0.3 is 0 Å². The normalized spacial score (nSPS) is 11.8. The summed E-state index contributed by atoms with van der Waals surface area (Å²) in [4.78, 5) is 0. The van der Waals surface area contributed by atoms with E-state index in [1.807, 2.05) is 12.1 Å². The van der Waals surface area contributed by atoms with Crippen LogP contribution in [-0.2, 0) is 0 Å². The van der Waals surface area contributed by atoms with E-state index < -0.39 is 0 Å². The lowest BCUT2D eigenvalue weighted by atomic mass is 9.82. The molecule has 4 nitrogen and oxygen atoms in total. The van der Waals surface area contributed by atoms with Gasteiger partial charge in [0.15, 0.2) is 0 Å². The summed E-state index contributed by atoms with van der Waals surface area (Å²) in [5, 5.41) is 34.4. The van der Waals surface area contributed by atoms with Gasteiger partial charge in [-0.3, -0.25) is 0 Å². The van der Waals surface area contributed by atoms with Gasteiger partial charge in [0.2, 0.25) is 0 Å². The lowest BCUT2D eigenvalue weighted by Gasteiger charge is -2.27. The molecule has 0 aliphatic carbocycles. The number of aryl methyl sites for hydroxylation is 4. The highest BCUT2D eigenvalue weighted by atomic mass is 32.1. The second-order valence-corrected chi connectivity index (χ2v) is 22.8. The van der Waals surface area contributed by atoms with Gasteiger partial charge in [-0.2, -0.15) is 10.5 Å². The zero-order valence-electron chi connectivity index (χ0n) is 43.2. The average Bonchev–Trinajstić information content (AvgIpc) is 3.27. The molecule has 6 heteroatoms. The molecule has 0 fully saturated rings. The number of nitrogens with zero attached hydrogens (tertiary/aromatic N) is 4. The summed E-state index contributed by atoms with van der Waals surface area (Å²) in [5.41, 5.74) is 18.1. The Morgan fingerprint density at radius 1 is 0.333 bits per heavy atom. The minimum atomic E-state index is 0.423. The summed E-state index contributed by atoms with van der Waals surface area (Å²) >= 11 is 3.60. The minimum Gasteiger partial charge on any atom is -0.306 e. The Labute approximate surface area is 458 Å². The van der Waals surface area contributed by atoms with Gasteiger partial charge < -0.3 is 9.13 Å². The Bertz CT molecular complexity index is 4910. The van der Waals surface area contributed by atoms with E-state index in [1.54, 1.807) is 22.7 Å². The maximum atomic E-state index is 12.6. The van der Waals surface area contributed by atoms with E-state index >= 15 is 0 Å². The third kappa shape index (κ3) is 6.55. The van der Waals surface area contributed by atoms with Crippen molar-refractivity contribution in [2.24, 2.45) is 0 Å². The van der Waals surface area contributed by atoms with E-state index in [0.717, 1.165) is 125 Å². The quantitative estimate of drug-likeness (QED) is 0.167. The van der Waals surface area contributed by atoms with Crippen molar-refractivity contribution in [2.75, 3.05) is 0 Å². The van der Waals surface area contributed by atoms with Crippen molar-refractivity contribution in [2.45, 2.75) is 27.7 Å². The van der Waals surface area contributed by atoms with Gasteiger partial charge in [-0.25, -0.2) is 0 Å². The topological polar surface area (TPSA) is 57.4 Å². The highest BCUT2D eigenvalue weighted by molar-refractivity contribution is 7.27. The molecule has 11 aromatic carbocycles. The third-order valence-corrected chi connectivity index (χ3v) is 18.8. The lowest BCUT2D eigenvalue weighted by molar-refractivity contribution is 1.12. The number of aromatic nitrogens is 2. The Hall–Kier alpha value is -9.56. The molecule has 4 aromatic heterocycles. The third-order valence-electron chi connectivity index (χ3n) is 16.5. The summed E-state index contributed by atoms with van der Waals surface area (Å²) in [6.45, 7) is 8.76. The first kappa shape index (κ1) is 45.8. The highest BCUT2D eigenvalue weighted by Gasteiger charge is 2.35. The molecule has 0 atom stereocenters. The van der Waals surface area contributed by atoms with Crippen LogP contribution in [0.3, 0.4) is 0 Å². The van der Waals surface area contributed by atoms with Crippen LogP contribution < -0.4 is 0 Å². The fourth-order valence-corrected chi connectivity index (χ4v) is 15.1. The van der Waals surface area contributed by atoms with Crippen molar-refractivity contribution in [3.63, 3.8) is 0 Å². The largest absolute Gasteiger partial charge is 0.306 e. The van der Waals surface area contributed by atoms with Crippen LogP contribution in [0.15, 0.2) is 206 Å².